The van der Waals surface area contributed by atoms with E-state index in [9.17, 15) is 4.39 Å². The molecular formula is C19H22FN3S. The summed E-state index contributed by atoms with van der Waals surface area (Å²) in [5, 5.41) is 6.53. The first-order valence-corrected chi connectivity index (χ1v) is 9.04. The van der Waals surface area contributed by atoms with Crippen LogP contribution in [0.1, 0.15) is 24.7 Å². The number of hydrogen-bond acceptors (Lipinski definition) is 3. The van der Waals surface area contributed by atoms with E-state index in [4.69, 9.17) is 0 Å². The zero-order chi connectivity index (χ0) is 16.9. The molecule has 1 unspecified atom stereocenters. The van der Waals surface area contributed by atoms with Crippen molar-refractivity contribution in [2.75, 3.05) is 0 Å². The summed E-state index contributed by atoms with van der Waals surface area (Å²) in [6.07, 6.45) is 4.24. The van der Waals surface area contributed by atoms with E-state index in [1.807, 2.05) is 0 Å². The lowest BCUT2D eigenvalue weighted by Gasteiger charge is -2.13. The second kappa shape index (κ2) is 7.73. The molecule has 0 aliphatic carbocycles. The lowest BCUT2D eigenvalue weighted by atomic mass is 10.1. The maximum Gasteiger partial charge on any atom is 0.123 e. The summed E-state index contributed by atoms with van der Waals surface area (Å²) in [5.74, 6) is -0.218. The van der Waals surface area contributed by atoms with E-state index in [2.05, 4.69) is 52.5 Å². The zero-order valence-electron chi connectivity index (χ0n) is 14.0. The fourth-order valence-electron chi connectivity index (χ4n) is 2.61. The molecule has 2 heterocycles. The summed E-state index contributed by atoms with van der Waals surface area (Å²) in [6, 6.07) is 11.2. The normalized spacial score (nSPS) is 12.5. The Morgan fingerprint density at radius 1 is 1.25 bits per heavy atom. The Morgan fingerprint density at radius 3 is 2.75 bits per heavy atom. The van der Waals surface area contributed by atoms with Gasteiger partial charge in [0.15, 0.2) is 0 Å². The average molecular weight is 343 g/mol. The van der Waals surface area contributed by atoms with E-state index >= 15 is 0 Å². The molecule has 1 atom stereocenters. The second-order valence-electron chi connectivity index (χ2n) is 6.08. The van der Waals surface area contributed by atoms with Crippen molar-refractivity contribution in [1.29, 1.82) is 0 Å². The van der Waals surface area contributed by atoms with Crippen LogP contribution in [-0.4, -0.2) is 15.6 Å². The first-order chi connectivity index (χ1) is 11.6. The standard InChI is InChI=1S/C19H22FN3S/c1-14(5-10-18-4-3-11-23(18)2)21-12-17-13-24-19(22-17)15-6-8-16(20)9-7-15/h3-4,6-9,11,13-14,21H,5,10,12H2,1-2H3. The minimum absolute atomic E-state index is 0.218. The summed E-state index contributed by atoms with van der Waals surface area (Å²) in [6.45, 7) is 2.96. The highest BCUT2D eigenvalue weighted by Crippen LogP contribution is 2.23. The molecule has 0 fully saturated rings. The summed E-state index contributed by atoms with van der Waals surface area (Å²) in [7, 11) is 2.08. The molecule has 126 valence electrons. The van der Waals surface area contributed by atoms with Crippen molar-refractivity contribution < 1.29 is 4.39 Å². The SMILES string of the molecule is CC(CCc1cccn1C)NCc1csc(-c2ccc(F)cc2)n1. The third-order valence-electron chi connectivity index (χ3n) is 4.16. The Kier molecular flexibility index (Phi) is 5.43. The summed E-state index contributed by atoms with van der Waals surface area (Å²) in [4.78, 5) is 4.64. The van der Waals surface area contributed by atoms with Crippen molar-refractivity contribution in [3.8, 4) is 10.6 Å². The minimum atomic E-state index is -0.218. The number of nitrogens with one attached hydrogen (secondary N) is 1. The first kappa shape index (κ1) is 16.9. The van der Waals surface area contributed by atoms with Crippen LogP contribution in [0.25, 0.3) is 10.6 Å². The molecule has 0 amide bonds. The predicted molar refractivity (Wildman–Crippen MR) is 97.5 cm³/mol. The molecule has 1 aromatic carbocycles. The van der Waals surface area contributed by atoms with Crippen LogP contribution >= 0.6 is 11.3 Å². The first-order valence-electron chi connectivity index (χ1n) is 8.16. The van der Waals surface area contributed by atoms with Crippen LogP contribution in [0.5, 0.6) is 0 Å². The Bertz CT molecular complexity index is 776. The van der Waals surface area contributed by atoms with Crippen LogP contribution in [0.3, 0.4) is 0 Å². The van der Waals surface area contributed by atoms with Crippen molar-refractivity contribution in [1.82, 2.24) is 14.9 Å². The quantitative estimate of drug-likeness (QED) is 0.689. The largest absolute Gasteiger partial charge is 0.354 e. The van der Waals surface area contributed by atoms with Crippen molar-refractivity contribution >= 4 is 11.3 Å². The van der Waals surface area contributed by atoms with E-state index in [0.29, 0.717) is 6.04 Å². The molecule has 0 saturated heterocycles. The van der Waals surface area contributed by atoms with Gasteiger partial charge >= 0.3 is 0 Å². The molecule has 0 aliphatic heterocycles. The van der Waals surface area contributed by atoms with Gasteiger partial charge in [0.25, 0.3) is 0 Å². The van der Waals surface area contributed by atoms with Gasteiger partial charge in [-0.15, -0.1) is 11.3 Å². The van der Waals surface area contributed by atoms with Gasteiger partial charge in [-0.25, -0.2) is 9.37 Å². The third-order valence-corrected chi connectivity index (χ3v) is 5.10. The van der Waals surface area contributed by atoms with Gasteiger partial charge < -0.3 is 9.88 Å². The molecule has 0 spiro atoms. The zero-order valence-corrected chi connectivity index (χ0v) is 14.8. The van der Waals surface area contributed by atoms with Crippen molar-refractivity contribution in [2.24, 2.45) is 7.05 Å². The molecule has 1 N–H and O–H groups in total. The molecule has 0 bridgehead atoms. The topological polar surface area (TPSA) is 29.9 Å². The number of nitrogens with zero attached hydrogens (tertiary/aromatic N) is 2. The van der Waals surface area contributed by atoms with E-state index in [1.165, 1.54) is 17.8 Å². The summed E-state index contributed by atoms with van der Waals surface area (Å²) >= 11 is 1.60. The molecule has 0 saturated carbocycles. The number of rotatable bonds is 7. The van der Waals surface area contributed by atoms with Crippen LogP contribution in [-0.2, 0) is 20.0 Å². The molecule has 3 nitrogen and oxygen atoms in total. The van der Waals surface area contributed by atoms with Gasteiger partial charge in [0.1, 0.15) is 10.8 Å². The Labute approximate surface area is 146 Å². The molecule has 2 aromatic heterocycles. The number of aryl methyl sites for hydroxylation is 2. The molecule has 5 heteroatoms. The number of hydrogen-bond donors (Lipinski definition) is 1. The van der Waals surface area contributed by atoms with Crippen LogP contribution in [0.15, 0.2) is 48.0 Å². The highest BCUT2D eigenvalue weighted by Gasteiger charge is 2.08. The number of benzene rings is 1. The molecule has 0 aliphatic rings. The fourth-order valence-corrected chi connectivity index (χ4v) is 3.44. The lowest BCUT2D eigenvalue weighted by molar-refractivity contribution is 0.505. The highest BCUT2D eigenvalue weighted by molar-refractivity contribution is 7.13. The van der Waals surface area contributed by atoms with E-state index in [1.54, 1.807) is 23.5 Å². The van der Waals surface area contributed by atoms with Crippen molar-refractivity contribution in [3.05, 3.63) is 65.2 Å². The van der Waals surface area contributed by atoms with Gasteiger partial charge in [-0.3, -0.25) is 0 Å². The number of halogens is 1. The smallest absolute Gasteiger partial charge is 0.123 e. The van der Waals surface area contributed by atoms with Crippen molar-refractivity contribution in [3.63, 3.8) is 0 Å². The average Bonchev–Trinajstić information content (AvgIpc) is 3.21. The van der Waals surface area contributed by atoms with Gasteiger partial charge in [-0.1, -0.05) is 0 Å². The van der Waals surface area contributed by atoms with Crippen molar-refractivity contribution in [2.45, 2.75) is 32.4 Å². The maximum absolute atomic E-state index is 13.0. The van der Waals surface area contributed by atoms with Crippen LogP contribution < -0.4 is 5.32 Å². The van der Waals surface area contributed by atoms with E-state index in [0.717, 1.165) is 35.7 Å². The maximum atomic E-state index is 13.0. The van der Waals surface area contributed by atoms with Gasteiger partial charge in [0.05, 0.1) is 5.69 Å². The Morgan fingerprint density at radius 2 is 2.04 bits per heavy atom. The lowest BCUT2D eigenvalue weighted by Crippen LogP contribution is -2.26. The van der Waals surface area contributed by atoms with Gasteiger partial charge in [-0.05, 0) is 56.2 Å². The van der Waals surface area contributed by atoms with Gasteiger partial charge in [0, 0.05) is 42.5 Å². The predicted octanol–water partition coefficient (Wildman–Crippen LogP) is 4.40. The van der Waals surface area contributed by atoms with Gasteiger partial charge in [0.2, 0.25) is 0 Å². The Balaban J connectivity index is 1.50. The highest BCUT2D eigenvalue weighted by atomic mass is 32.1. The Hall–Kier alpha value is -1.98. The molecule has 3 aromatic rings. The summed E-state index contributed by atoms with van der Waals surface area (Å²) in [5.41, 5.74) is 3.35. The fraction of sp³-hybridized carbons (Fsp3) is 0.316. The molecule has 3 rings (SSSR count). The summed E-state index contributed by atoms with van der Waals surface area (Å²) < 4.78 is 15.2. The third kappa shape index (κ3) is 4.30. The second-order valence-corrected chi connectivity index (χ2v) is 6.94. The van der Waals surface area contributed by atoms with E-state index < -0.39 is 0 Å². The molecule has 0 radical (unpaired) electrons. The number of aromatic nitrogens is 2. The van der Waals surface area contributed by atoms with Gasteiger partial charge in [-0.2, -0.15) is 0 Å². The molecule has 24 heavy (non-hydrogen) atoms. The number of thiazole rings is 1. The van der Waals surface area contributed by atoms with E-state index in [-0.39, 0.29) is 5.82 Å². The van der Waals surface area contributed by atoms with Crippen LogP contribution in [0, 0.1) is 5.82 Å². The minimum Gasteiger partial charge on any atom is -0.354 e. The molecular weight excluding hydrogens is 321 g/mol. The van der Waals surface area contributed by atoms with Crippen LogP contribution in [0.4, 0.5) is 4.39 Å². The van der Waals surface area contributed by atoms with Crippen LogP contribution in [0.2, 0.25) is 0 Å². The monoisotopic (exact) mass is 343 g/mol.